The number of benzene rings is 1. The lowest BCUT2D eigenvalue weighted by molar-refractivity contribution is -0.384. The Morgan fingerprint density at radius 2 is 2.00 bits per heavy atom. The molecule has 1 saturated carbocycles. The number of nitro groups is 1. The highest BCUT2D eigenvalue weighted by Crippen LogP contribution is 2.24. The van der Waals surface area contributed by atoms with E-state index >= 15 is 0 Å². The summed E-state index contributed by atoms with van der Waals surface area (Å²) in [6.07, 6.45) is 4.59. The Kier molecular flexibility index (Phi) is 6.19. The van der Waals surface area contributed by atoms with E-state index in [0.717, 1.165) is 19.3 Å². The van der Waals surface area contributed by atoms with E-state index in [4.69, 9.17) is 0 Å². The van der Waals surface area contributed by atoms with Gasteiger partial charge in [-0.1, -0.05) is 31.9 Å². The van der Waals surface area contributed by atoms with Crippen molar-refractivity contribution in [2.75, 3.05) is 18.4 Å². The highest BCUT2D eigenvalue weighted by Gasteiger charge is 2.22. The van der Waals surface area contributed by atoms with Crippen molar-refractivity contribution in [2.24, 2.45) is 5.92 Å². The number of hydrogen-bond acceptors (Lipinski definition) is 4. The van der Waals surface area contributed by atoms with Gasteiger partial charge in [0.15, 0.2) is 0 Å². The van der Waals surface area contributed by atoms with Gasteiger partial charge in [-0.15, -0.1) is 0 Å². The molecule has 2 rings (SSSR count). The predicted molar refractivity (Wildman–Crippen MR) is 89.5 cm³/mol. The van der Waals surface area contributed by atoms with Crippen molar-refractivity contribution in [3.05, 3.63) is 34.4 Å². The Hall–Kier alpha value is -2.31. The van der Waals surface area contributed by atoms with Gasteiger partial charge in [0, 0.05) is 25.2 Å². The van der Waals surface area contributed by atoms with Crippen LogP contribution in [0.1, 0.15) is 32.6 Å². The summed E-state index contributed by atoms with van der Waals surface area (Å²) >= 11 is 0. The molecule has 1 aliphatic rings. The number of para-hydroxylation sites is 2. The number of anilines is 1. The number of nitrogens with zero attached hydrogens (tertiary/aromatic N) is 1. The number of nitrogens with one attached hydrogen (secondary N) is 3. The van der Waals surface area contributed by atoms with Crippen LogP contribution in [0.25, 0.3) is 0 Å². The van der Waals surface area contributed by atoms with Crippen LogP contribution in [0, 0.1) is 16.0 Å². The van der Waals surface area contributed by atoms with E-state index in [1.807, 2.05) is 0 Å². The number of nitro benzene ring substituents is 1. The summed E-state index contributed by atoms with van der Waals surface area (Å²) in [6.45, 7) is 3.00. The minimum Gasteiger partial charge on any atom is -0.378 e. The van der Waals surface area contributed by atoms with E-state index in [1.54, 1.807) is 18.2 Å². The SMILES string of the molecule is C[C@H]1CCCC[C@@H]1NC(=O)NCCNc1ccccc1[N+](=O)[O-]. The van der Waals surface area contributed by atoms with Gasteiger partial charge in [0.1, 0.15) is 5.69 Å². The van der Waals surface area contributed by atoms with Gasteiger partial charge in [-0.05, 0) is 24.8 Å². The summed E-state index contributed by atoms with van der Waals surface area (Å²) in [5, 5.41) is 19.7. The number of amides is 2. The number of urea groups is 1. The van der Waals surface area contributed by atoms with Crippen LogP contribution in [-0.4, -0.2) is 30.1 Å². The molecular weight excluding hydrogens is 296 g/mol. The lowest BCUT2D eigenvalue weighted by Crippen LogP contribution is -2.47. The first-order valence-corrected chi connectivity index (χ1v) is 8.09. The van der Waals surface area contributed by atoms with Gasteiger partial charge in [-0.2, -0.15) is 0 Å². The molecule has 0 bridgehead atoms. The summed E-state index contributed by atoms with van der Waals surface area (Å²) in [5.74, 6) is 0.514. The minimum atomic E-state index is -0.424. The molecule has 0 unspecified atom stereocenters. The molecule has 23 heavy (non-hydrogen) atoms. The molecular formula is C16H24N4O3. The van der Waals surface area contributed by atoms with Crippen molar-refractivity contribution < 1.29 is 9.72 Å². The van der Waals surface area contributed by atoms with Gasteiger partial charge in [-0.3, -0.25) is 10.1 Å². The van der Waals surface area contributed by atoms with E-state index in [-0.39, 0.29) is 17.8 Å². The molecule has 126 valence electrons. The topological polar surface area (TPSA) is 96.3 Å². The Labute approximate surface area is 136 Å². The maximum Gasteiger partial charge on any atom is 0.315 e. The zero-order valence-corrected chi connectivity index (χ0v) is 13.4. The molecule has 2 amide bonds. The zero-order valence-electron chi connectivity index (χ0n) is 13.4. The van der Waals surface area contributed by atoms with Crippen molar-refractivity contribution in [3.8, 4) is 0 Å². The van der Waals surface area contributed by atoms with Gasteiger partial charge >= 0.3 is 6.03 Å². The predicted octanol–water partition coefficient (Wildman–Crippen LogP) is 2.88. The lowest BCUT2D eigenvalue weighted by Gasteiger charge is -2.29. The van der Waals surface area contributed by atoms with Crippen LogP contribution in [0.4, 0.5) is 16.2 Å². The first-order valence-electron chi connectivity index (χ1n) is 8.09. The molecule has 0 aromatic heterocycles. The molecule has 0 spiro atoms. The Bertz CT molecular complexity index is 550. The van der Waals surface area contributed by atoms with Crippen molar-refractivity contribution >= 4 is 17.4 Å². The van der Waals surface area contributed by atoms with Gasteiger partial charge in [-0.25, -0.2) is 4.79 Å². The molecule has 1 aliphatic carbocycles. The van der Waals surface area contributed by atoms with E-state index in [9.17, 15) is 14.9 Å². The molecule has 0 saturated heterocycles. The standard InChI is InChI=1S/C16H24N4O3/c1-12-6-2-3-7-13(12)19-16(21)18-11-10-17-14-8-4-5-9-15(14)20(22)23/h4-5,8-9,12-13,17H,2-3,6-7,10-11H2,1H3,(H2,18,19,21)/t12-,13-/m0/s1. The van der Waals surface area contributed by atoms with Crippen LogP contribution < -0.4 is 16.0 Å². The van der Waals surface area contributed by atoms with Crippen molar-refractivity contribution in [1.82, 2.24) is 10.6 Å². The Balaban J connectivity index is 1.71. The Morgan fingerprint density at radius 1 is 1.26 bits per heavy atom. The summed E-state index contributed by atoms with van der Waals surface area (Å²) < 4.78 is 0. The minimum absolute atomic E-state index is 0.0352. The average molecular weight is 320 g/mol. The first kappa shape index (κ1) is 17.1. The Morgan fingerprint density at radius 3 is 2.74 bits per heavy atom. The molecule has 2 atom stereocenters. The molecule has 3 N–H and O–H groups in total. The smallest absolute Gasteiger partial charge is 0.315 e. The molecule has 1 fully saturated rings. The van der Waals surface area contributed by atoms with Crippen molar-refractivity contribution in [1.29, 1.82) is 0 Å². The van der Waals surface area contributed by atoms with Gasteiger partial charge in [0.2, 0.25) is 0 Å². The van der Waals surface area contributed by atoms with Crippen LogP contribution in [0.3, 0.4) is 0 Å². The summed E-state index contributed by atoms with van der Waals surface area (Å²) in [7, 11) is 0. The average Bonchev–Trinajstić information content (AvgIpc) is 2.54. The second-order valence-corrected chi connectivity index (χ2v) is 5.97. The monoisotopic (exact) mass is 320 g/mol. The van der Waals surface area contributed by atoms with E-state index in [2.05, 4.69) is 22.9 Å². The number of carbonyl (C=O) groups is 1. The van der Waals surface area contributed by atoms with Gasteiger partial charge < -0.3 is 16.0 Å². The van der Waals surface area contributed by atoms with Crippen LogP contribution in [0.5, 0.6) is 0 Å². The fourth-order valence-electron chi connectivity index (χ4n) is 2.91. The number of rotatable bonds is 6. The first-order chi connectivity index (χ1) is 11.1. The third-order valence-electron chi connectivity index (χ3n) is 4.25. The molecule has 7 nitrogen and oxygen atoms in total. The largest absolute Gasteiger partial charge is 0.378 e. The summed E-state index contributed by atoms with van der Waals surface area (Å²) in [6, 6.07) is 6.54. The van der Waals surface area contributed by atoms with Gasteiger partial charge in [0.25, 0.3) is 5.69 Å². The maximum absolute atomic E-state index is 11.9. The van der Waals surface area contributed by atoms with Crippen molar-refractivity contribution in [2.45, 2.75) is 38.6 Å². The molecule has 0 radical (unpaired) electrons. The summed E-state index contributed by atoms with van der Waals surface area (Å²) in [4.78, 5) is 22.4. The number of carbonyl (C=O) groups excluding carboxylic acids is 1. The van der Waals surface area contributed by atoms with E-state index < -0.39 is 4.92 Å². The molecule has 0 heterocycles. The quantitative estimate of drug-likeness (QED) is 0.426. The highest BCUT2D eigenvalue weighted by molar-refractivity contribution is 5.74. The van der Waals surface area contributed by atoms with Crippen LogP contribution in [0.15, 0.2) is 24.3 Å². The third-order valence-corrected chi connectivity index (χ3v) is 4.25. The second kappa shape index (κ2) is 8.36. The fourth-order valence-corrected chi connectivity index (χ4v) is 2.91. The molecule has 7 heteroatoms. The van der Waals surface area contributed by atoms with Crippen molar-refractivity contribution in [3.63, 3.8) is 0 Å². The molecule has 0 aliphatic heterocycles. The highest BCUT2D eigenvalue weighted by atomic mass is 16.6. The maximum atomic E-state index is 11.9. The zero-order chi connectivity index (χ0) is 16.7. The van der Waals surface area contributed by atoms with Gasteiger partial charge in [0.05, 0.1) is 4.92 Å². The molecule has 1 aromatic carbocycles. The summed E-state index contributed by atoms with van der Waals surface area (Å²) in [5.41, 5.74) is 0.494. The van der Waals surface area contributed by atoms with E-state index in [1.165, 1.54) is 12.5 Å². The second-order valence-electron chi connectivity index (χ2n) is 5.97. The van der Waals surface area contributed by atoms with Crippen LogP contribution >= 0.6 is 0 Å². The van der Waals surface area contributed by atoms with E-state index in [0.29, 0.717) is 24.7 Å². The van der Waals surface area contributed by atoms with Crippen LogP contribution in [0.2, 0.25) is 0 Å². The number of hydrogen-bond donors (Lipinski definition) is 3. The fraction of sp³-hybridized carbons (Fsp3) is 0.562. The lowest BCUT2D eigenvalue weighted by atomic mass is 9.86. The third kappa shape index (κ3) is 5.12. The van der Waals surface area contributed by atoms with Crippen LogP contribution in [-0.2, 0) is 0 Å². The molecule has 1 aromatic rings. The normalized spacial score (nSPS) is 20.6.